The maximum Gasteiger partial charge on any atom is 0.169 e. The van der Waals surface area contributed by atoms with E-state index in [0.29, 0.717) is 17.2 Å². The smallest absolute Gasteiger partial charge is 0.169 e. The first-order valence-corrected chi connectivity index (χ1v) is 5.97. The highest BCUT2D eigenvalue weighted by atomic mass is 19.1. The Balaban J connectivity index is 2.42. The summed E-state index contributed by atoms with van der Waals surface area (Å²) in [4.78, 5) is 0. The molecule has 2 rings (SSSR count). The third-order valence-electron chi connectivity index (χ3n) is 2.77. The van der Waals surface area contributed by atoms with E-state index in [9.17, 15) is 4.39 Å². The van der Waals surface area contributed by atoms with Crippen LogP contribution in [0.15, 0.2) is 36.4 Å². The van der Waals surface area contributed by atoms with E-state index in [4.69, 9.17) is 20.6 Å². The van der Waals surface area contributed by atoms with E-state index >= 15 is 0 Å². The molecule has 4 nitrogen and oxygen atoms in total. The topological polar surface area (TPSA) is 68.3 Å². The lowest BCUT2D eigenvalue weighted by atomic mass is 10.1. The Hall–Kier alpha value is -2.56. The Bertz CT molecular complexity index is 656. The second-order valence-corrected chi connectivity index (χ2v) is 4.31. The van der Waals surface area contributed by atoms with Gasteiger partial charge in [0.1, 0.15) is 17.4 Å². The van der Waals surface area contributed by atoms with Crippen molar-refractivity contribution in [1.29, 1.82) is 5.41 Å². The first kappa shape index (κ1) is 13.9. The molecule has 0 amide bonds. The van der Waals surface area contributed by atoms with E-state index in [-0.39, 0.29) is 11.4 Å². The van der Waals surface area contributed by atoms with Crippen LogP contribution in [0.1, 0.15) is 11.1 Å². The number of nitrogens with one attached hydrogen (secondary N) is 1. The van der Waals surface area contributed by atoms with Crippen molar-refractivity contribution in [1.82, 2.24) is 0 Å². The molecule has 0 unspecified atom stereocenters. The van der Waals surface area contributed by atoms with Gasteiger partial charge in [-0.2, -0.15) is 0 Å². The lowest BCUT2D eigenvalue weighted by molar-refractivity contribution is 0.378. The Morgan fingerprint density at radius 1 is 1.10 bits per heavy atom. The minimum atomic E-state index is -0.474. The highest BCUT2D eigenvalue weighted by Crippen LogP contribution is 2.33. The molecular formula is C15H15FN2O2. The SMILES string of the molecule is COc1cc(C)ccc1Oc1ccc(F)cc1C(=N)N. The largest absolute Gasteiger partial charge is 0.493 e. The van der Waals surface area contributed by atoms with Crippen molar-refractivity contribution in [3.05, 3.63) is 53.3 Å². The average molecular weight is 274 g/mol. The number of benzene rings is 2. The molecule has 20 heavy (non-hydrogen) atoms. The monoisotopic (exact) mass is 274 g/mol. The molecule has 0 saturated heterocycles. The molecule has 2 aromatic rings. The molecule has 0 saturated carbocycles. The van der Waals surface area contributed by atoms with Crippen LogP contribution < -0.4 is 15.2 Å². The number of hydrogen-bond acceptors (Lipinski definition) is 3. The van der Waals surface area contributed by atoms with Crippen LogP contribution in [0.5, 0.6) is 17.2 Å². The fraction of sp³-hybridized carbons (Fsp3) is 0.133. The van der Waals surface area contributed by atoms with Crippen molar-refractivity contribution in [3.8, 4) is 17.2 Å². The summed E-state index contributed by atoms with van der Waals surface area (Å²) in [6.45, 7) is 1.94. The van der Waals surface area contributed by atoms with Crippen LogP contribution in [0.25, 0.3) is 0 Å². The second-order valence-electron chi connectivity index (χ2n) is 4.31. The van der Waals surface area contributed by atoms with Crippen molar-refractivity contribution < 1.29 is 13.9 Å². The lowest BCUT2D eigenvalue weighted by Gasteiger charge is -2.13. The number of halogens is 1. The summed E-state index contributed by atoms with van der Waals surface area (Å²) in [6.07, 6.45) is 0. The van der Waals surface area contributed by atoms with Crippen molar-refractivity contribution in [2.24, 2.45) is 5.73 Å². The Kier molecular flexibility index (Phi) is 3.89. The maximum atomic E-state index is 13.2. The molecular weight excluding hydrogens is 259 g/mol. The molecule has 0 atom stereocenters. The number of aryl methyl sites for hydroxylation is 1. The van der Waals surface area contributed by atoms with Crippen LogP contribution in [-0.4, -0.2) is 12.9 Å². The van der Waals surface area contributed by atoms with Crippen LogP contribution in [0.4, 0.5) is 4.39 Å². The summed E-state index contributed by atoms with van der Waals surface area (Å²) in [5.41, 5.74) is 6.67. The number of nitrogen functional groups attached to an aromatic ring is 1. The summed E-state index contributed by atoms with van der Waals surface area (Å²) in [5.74, 6) is 0.612. The van der Waals surface area contributed by atoms with Crippen LogP contribution >= 0.6 is 0 Å². The first-order chi connectivity index (χ1) is 9.51. The molecule has 0 spiro atoms. The summed E-state index contributed by atoms with van der Waals surface area (Å²) in [5, 5.41) is 7.47. The van der Waals surface area contributed by atoms with Gasteiger partial charge < -0.3 is 15.2 Å². The summed E-state index contributed by atoms with van der Waals surface area (Å²) in [6, 6.07) is 9.30. The van der Waals surface area contributed by atoms with Gasteiger partial charge in [0.15, 0.2) is 11.5 Å². The number of amidine groups is 1. The normalized spacial score (nSPS) is 10.2. The third kappa shape index (κ3) is 2.88. The molecule has 0 heterocycles. The first-order valence-electron chi connectivity index (χ1n) is 5.97. The summed E-state index contributed by atoms with van der Waals surface area (Å²) < 4.78 is 24.1. The molecule has 0 radical (unpaired) electrons. The van der Waals surface area contributed by atoms with Crippen molar-refractivity contribution in [2.75, 3.05) is 7.11 Å². The van der Waals surface area contributed by atoms with E-state index in [1.165, 1.54) is 25.3 Å². The van der Waals surface area contributed by atoms with Crippen LogP contribution in [0, 0.1) is 18.2 Å². The summed E-state index contributed by atoms with van der Waals surface area (Å²) >= 11 is 0. The maximum absolute atomic E-state index is 13.2. The predicted molar refractivity (Wildman–Crippen MR) is 75.2 cm³/mol. The Labute approximate surface area is 116 Å². The zero-order valence-corrected chi connectivity index (χ0v) is 11.2. The predicted octanol–water partition coefficient (Wildman–Crippen LogP) is 3.22. The minimum absolute atomic E-state index is 0.202. The number of methoxy groups -OCH3 is 1. The van der Waals surface area contributed by atoms with Gasteiger partial charge in [-0.15, -0.1) is 0 Å². The van der Waals surface area contributed by atoms with E-state index in [1.54, 1.807) is 6.07 Å². The minimum Gasteiger partial charge on any atom is -0.493 e. The van der Waals surface area contributed by atoms with Gasteiger partial charge in [-0.3, -0.25) is 5.41 Å². The zero-order valence-electron chi connectivity index (χ0n) is 11.2. The van der Waals surface area contributed by atoms with Crippen LogP contribution in [0.3, 0.4) is 0 Å². The van der Waals surface area contributed by atoms with E-state index in [2.05, 4.69) is 0 Å². The number of nitrogens with two attached hydrogens (primary N) is 1. The molecule has 3 N–H and O–H groups in total. The molecule has 2 aromatic carbocycles. The van der Waals surface area contributed by atoms with Gasteiger partial charge in [-0.05, 0) is 42.8 Å². The molecule has 104 valence electrons. The average Bonchev–Trinajstić information content (AvgIpc) is 2.42. The molecule has 0 fully saturated rings. The zero-order chi connectivity index (χ0) is 14.7. The Morgan fingerprint density at radius 2 is 1.80 bits per heavy atom. The van der Waals surface area contributed by atoms with Crippen LogP contribution in [0.2, 0.25) is 0 Å². The molecule has 0 aliphatic carbocycles. The van der Waals surface area contributed by atoms with E-state index < -0.39 is 5.82 Å². The second kappa shape index (κ2) is 5.61. The molecule has 0 aliphatic rings. The van der Waals surface area contributed by atoms with Gasteiger partial charge >= 0.3 is 0 Å². The molecule has 0 bridgehead atoms. The van der Waals surface area contributed by atoms with E-state index in [1.807, 2.05) is 19.1 Å². The fourth-order valence-corrected chi connectivity index (χ4v) is 1.78. The van der Waals surface area contributed by atoms with Gasteiger partial charge in [-0.1, -0.05) is 6.07 Å². The van der Waals surface area contributed by atoms with Gasteiger partial charge in [0.05, 0.1) is 12.7 Å². The van der Waals surface area contributed by atoms with Gasteiger partial charge in [-0.25, -0.2) is 4.39 Å². The Morgan fingerprint density at radius 3 is 2.45 bits per heavy atom. The van der Waals surface area contributed by atoms with Crippen molar-refractivity contribution in [2.45, 2.75) is 6.92 Å². The number of rotatable bonds is 4. The molecule has 5 heteroatoms. The number of ether oxygens (including phenoxy) is 2. The fourth-order valence-electron chi connectivity index (χ4n) is 1.78. The van der Waals surface area contributed by atoms with Gasteiger partial charge in [0.2, 0.25) is 0 Å². The summed E-state index contributed by atoms with van der Waals surface area (Å²) in [7, 11) is 1.54. The molecule has 0 aliphatic heterocycles. The quantitative estimate of drug-likeness (QED) is 0.664. The van der Waals surface area contributed by atoms with Crippen molar-refractivity contribution >= 4 is 5.84 Å². The molecule has 0 aromatic heterocycles. The third-order valence-corrected chi connectivity index (χ3v) is 2.77. The van der Waals surface area contributed by atoms with Gasteiger partial charge in [0.25, 0.3) is 0 Å². The highest BCUT2D eigenvalue weighted by Gasteiger charge is 2.12. The standard InChI is InChI=1S/C15H15FN2O2/c1-9-3-5-13(14(7-9)19-2)20-12-6-4-10(16)8-11(12)15(17)18/h3-8H,1-2H3,(H3,17,18). The van der Waals surface area contributed by atoms with Crippen LogP contribution in [-0.2, 0) is 0 Å². The lowest BCUT2D eigenvalue weighted by Crippen LogP contribution is -2.12. The van der Waals surface area contributed by atoms with E-state index in [0.717, 1.165) is 5.56 Å². The highest BCUT2D eigenvalue weighted by molar-refractivity contribution is 5.97. The van der Waals surface area contributed by atoms with Crippen molar-refractivity contribution in [3.63, 3.8) is 0 Å². The number of hydrogen-bond donors (Lipinski definition) is 2. The van der Waals surface area contributed by atoms with Gasteiger partial charge in [0, 0.05) is 0 Å².